The Morgan fingerprint density at radius 1 is 0.348 bits per heavy atom. The third kappa shape index (κ3) is 53.7. The maximum absolute atomic E-state index is 12.8. The molecule has 0 aromatic rings. The Labute approximate surface area is 409 Å². The van der Waals surface area contributed by atoms with Crippen LogP contribution in [0.25, 0.3) is 0 Å². The van der Waals surface area contributed by atoms with Crippen molar-refractivity contribution in [2.45, 2.75) is 271 Å². The molecular weight excluding hydrogens is 813 g/mol. The third-order valence-corrected chi connectivity index (χ3v) is 11.9. The summed E-state index contributed by atoms with van der Waals surface area (Å²) in [6, 6.07) is 0. The molecular formula is C61H106O5. The van der Waals surface area contributed by atoms with E-state index in [4.69, 9.17) is 14.2 Å². The van der Waals surface area contributed by atoms with E-state index in [-0.39, 0.29) is 25.2 Å². The normalized spacial score (nSPS) is 12.8. The monoisotopic (exact) mass is 919 g/mol. The van der Waals surface area contributed by atoms with Gasteiger partial charge in [0, 0.05) is 19.4 Å². The topological polar surface area (TPSA) is 61.8 Å². The van der Waals surface area contributed by atoms with Crippen molar-refractivity contribution >= 4 is 11.9 Å². The van der Waals surface area contributed by atoms with Crippen LogP contribution in [0.1, 0.15) is 265 Å². The van der Waals surface area contributed by atoms with E-state index >= 15 is 0 Å². The molecule has 0 saturated carbocycles. The van der Waals surface area contributed by atoms with Gasteiger partial charge in [-0.25, -0.2) is 0 Å². The highest BCUT2D eigenvalue weighted by molar-refractivity contribution is 5.70. The highest BCUT2D eigenvalue weighted by atomic mass is 16.6. The Morgan fingerprint density at radius 2 is 0.682 bits per heavy atom. The van der Waals surface area contributed by atoms with E-state index in [9.17, 15) is 9.59 Å². The van der Waals surface area contributed by atoms with Crippen LogP contribution in [0.5, 0.6) is 0 Å². The van der Waals surface area contributed by atoms with Crippen molar-refractivity contribution in [3.63, 3.8) is 0 Å². The minimum Gasteiger partial charge on any atom is -0.462 e. The van der Waals surface area contributed by atoms with Gasteiger partial charge in [-0.2, -0.15) is 0 Å². The number of hydrogen-bond donors (Lipinski definition) is 0. The molecule has 0 radical (unpaired) electrons. The first kappa shape index (κ1) is 63.1. The zero-order chi connectivity index (χ0) is 47.7. The smallest absolute Gasteiger partial charge is 0.306 e. The summed E-state index contributed by atoms with van der Waals surface area (Å²) in [6.45, 7) is 7.58. The molecule has 0 rings (SSSR count). The molecule has 0 aromatic heterocycles. The van der Waals surface area contributed by atoms with E-state index in [2.05, 4.69) is 106 Å². The SMILES string of the molecule is CC/C=C\C/C=C\C/C=C\CCCCCCCCCC(=O)OCC(COCCCCCCCCCCCC/C=C\CCCCCCCC)OC(=O)CCCCC/C=C\C/C=C\C/C=C\CC. The fourth-order valence-corrected chi connectivity index (χ4v) is 7.77. The molecule has 0 spiro atoms. The van der Waals surface area contributed by atoms with Gasteiger partial charge in [-0.1, -0.05) is 228 Å². The number of rotatable bonds is 51. The van der Waals surface area contributed by atoms with E-state index in [0.717, 1.165) is 103 Å². The zero-order valence-corrected chi connectivity index (χ0v) is 43.7. The van der Waals surface area contributed by atoms with Crippen molar-refractivity contribution in [1.29, 1.82) is 0 Å². The number of unbranched alkanes of at least 4 members (excludes halogenated alkanes) is 26. The van der Waals surface area contributed by atoms with E-state index in [0.29, 0.717) is 19.4 Å². The summed E-state index contributed by atoms with van der Waals surface area (Å²) < 4.78 is 17.4. The van der Waals surface area contributed by atoms with Crippen LogP contribution in [0, 0.1) is 0 Å². The average Bonchev–Trinajstić information content (AvgIpc) is 3.32. The Morgan fingerprint density at radius 3 is 1.12 bits per heavy atom. The summed E-state index contributed by atoms with van der Waals surface area (Å²) in [5.74, 6) is -0.439. The van der Waals surface area contributed by atoms with Crippen LogP contribution in [-0.2, 0) is 23.8 Å². The number of esters is 2. The van der Waals surface area contributed by atoms with Gasteiger partial charge in [-0.15, -0.1) is 0 Å². The zero-order valence-electron chi connectivity index (χ0n) is 43.7. The molecule has 0 aliphatic rings. The van der Waals surface area contributed by atoms with Gasteiger partial charge in [-0.05, 0) is 109 Å². The van der Waals surface area contributed by atoms with Crippen LogP contribution < -0.4 is 0 Å². The third-order valence-electron chi connectivity index (χ3n) is 11.9. The average molecular weight is 920 g/mol. The molecule has 380 valence electrons. The van der Waals surface area contributed by atoms with Crippen LogP contribution in [-0.4, -0.2) is 37.9 Å². The first-order chi connectivity index (χ1) is 32.6. The molecule has 5 nitrogen and oxygen atoms in total. The van der Waals surface area contributed by atoms with Crippen molar-refractivity contribution < 1.29 is 23.8 Å². The van der Waals surface area contributed by atoms with E-state index < -0.39 is 6.10 Å². The summed E-state index contributed by atoms with van der Waals surface area (Å²) in [5.41, 5.74) is 0. The number of ether oxygens (including phenoxy) is 3. The predicted octanol–water partition coefficient (Wildman–Crippen LogP) is 19.2. The summed E-state index contributed by atoms with van der Waals surface area (Å²) in [7, 11) is 0. The Kier molecular flexibility index (Phi) is 53.9. The standard InChI is InChI=1S/C61H106O5/c1-4-7-10-13-16-19-22-25-27-29-30-31-33-35-38-41-44-47-50-53-56-64-57-59(66-61(63)55-52-49-46-43-40-36-24-21-18-15-12-9-6-3)58-65-60(62)54-51-48-45-42-39-37-34-32-28-26-23-20-17-14-11-8-5-2/h8-9,11-12,17-18,20-21,25-28,36,40,59H,4-7,10,13-16,19,22-24,29-35,37-39,41-58H2,1-3H3/b11-8-,12-9-,20-17-,21-18-,27-25-,28-26-,40-36-. The van der Waals surface area contributed by atoms with Crippen LogP contribution in [0.15, 0.2) is 85.1 Å². The summed E-state index contributed by atoms with van der Waals surface area (Å²) >= 11 is 0. The predicted molar refractivity (Wildman–Crippen MR) is 288 cm³/mol. The molecule has 1 unspecified atom stereocenters. The van der Waals surface area contributed by atoms with Gasteiger partial charge in [0.05, 0.1) is 6.61 Å². The molecule has 0 aromatic carbocycles. The van der Waals surface area contributed by atoms with Gasteiger partial charge in [-0.3, -0.25) is 9.59 Å². The van der Waals surface area contributed by atoms with Crippen LogP contribution in [0.4, 0.5) is 0 Å². The fraction of sp³-hybridized carbons (Fsp3) is 0.738. The molecule has 0 aliphatic heterocycles. The Hall–Kier alpha value is -2.92. The summed E-state index contributed by atoms with van der Waals surface area (Å²) in [4.78, 5) is 25.5. The Bertz CT molecular complexity index is 1220. The molecule has 0 bridgehead atoms. The minimum absolute atomic E-state index is 0.0652. The fourth-order valence-electron chi connectivity index (χ4n) is 7.77. The van der Waals surface area contributed by atoms with Gasteiger partial charge in [0.15, 0.2) is 6.10 Å². The summed E-state index contributed by atoms with van der Waals surface area (Å²) in [6.07, 6.45) is 74.6. The van der Waals surface area contributed by atoms with Crippen molar-refractivity contribution in [2.24, 2.45) is 0 Å². The van der Waals surface area contributed by atoms with Gasteiger partial charge in [0.1, 0.15) is 6.61 Å². The quantitative estimate of drug-likeness (QED) is 0.0346. The van der Waals surface area contributed by atoms with Crippen LogP contribution in [0.2, 0.25) is 0 Å². The molecule has 0 fully saturated rings. The molecule has 0 heterocycles. The van der Waals surface area contributed by atoms with Crippen LogP contribution in [0.3, 0.4) is 0 Å². The highest BCUT2D eigenvalue weighted by Crippen LogP contribution is 2.15. The van der Waals surface area contributed by atoms with Crippen molar-refractivity contribution in [3.05, 3.63) is 85.1 Å². The summed E-state index contributed by atoms with van der Waals surface area (Å²) in [5, 5.41) is 0. The van der Waals surface area contributed by atoms with E-state index in [1.165, 1.54) is 128 Å². The molecule has 0 saturated heterocycles. The second-order valence-corrected chi connectivity index (χ2v) is 18.4. The number of hydrogen-bond acceptors (Lipinski definition) is 5. The largest absolute Gasteiger partial charge is 0.462 e. The van der Waals surface area contributed by atoms with Crippen molar-refractivity contribution in [3.8, 4) is 0 Å². The lowest BCUT2D eigenvalue weighted by molar-refractivity contribution is -0.163. The van der Waals surface area contributed by atoms with Crippen molar-refractivity contribution in [1.82, 2.24) is 0 Å². The van der Waals surface area contributed by atoms with Gasteiger partial charge in [0.2, 0.25) is 0 Å². The number of allylic oxidation sites excluding steroid dienone is 14. The first-order valence-corrected chi connectivity index (χ1v) is 28.1. The molecule has 0 N–H and O–H groups in total. The lowest BCUT2D eigenvalue weighted by Gasteiger charge is -2.18. The Balaban J connectivity index is 4.28. The van der Waals surface area contributed by atoms with E-state index in [1.54, 1.807) is 0 Å². The highest BCUT2D eigenvalue weighted by Gasteiger charge is 2.17. The molecule has 1 atom stereocenters. The molecule has 5 heteroatoms. The van der Waals surface area contributed by atoms with Gasteiger partial charge >= 0.3 is 11.9 Å². The maximum Gasteiger partial charge on any atom is 0.306 e. The van der Waals surface area contributed by atoms with Gasteiger partial charge < -0.3 is 14.2 Å². The second kappa shape index (κ2) is 56.4. The number of carbonyl (C=O) groups excluding carboxylic acids is 2. The second-order valence-electron chi connectivity index (χ2n) is 18.4. The van der Waals surface area contributed by atoms with Crippen LogP contribution >= 0.6 is 0 Å². The van der Waals surface area contributed by atoms with Crippen molar-refractivity contribution in [2.75, 3.05) is 19.8 Å². The maximum atomic E-state index is 12.8. The van der Waals surface area contributed by atoms with Gasteiger partial charge in [0.25, 0.3) is 0 Å². The number of carbonyl (C=O) groups is 2. The molecule has 0 amide bonds. The lowest BCUT2D eigenvalue weighted by atomic mass is 10.1. The lowest BCUT2D eigenvalue weighted by Crippen LogP contribution is -2.30. The van der Waals surface area contributed by atoms with E-state index in [1.807, 2.05) is 0 Å². The first-order valence-electron chi connectivity index (χ1n) is 28.1. The minimum atomic E-state index is -0.560. The molecule has 66 heavy (non-hydrogen) atoms. The molecule has 0 aliphatic carbocycles.